The second-order valence-corrected chi connectivity index (χ2v) is 11.8. The molecule has 31 heavy (non-hydrogen) atoms. The fraction of sp³-hybridized carbons (Fsp3) is 0.611. The highest BCUT2D eigenvalue weighted by Crippen LogP contribution is 2.61. The molecule has 0 spiro atoms. The molecule has 0 aromatic heterocycles. The minimum absolute atomic E-state index is 0.0508. The summed E-state index contributed by atoms with van der Waals surface area (Å²) >= 11 is 11.6. The highest BCUT2D eigenvalue weighted by Gasteiger charge is 2.42. The SMILES string of the molecule is O=C(CCCc1ccc(N(CCCl)CCCl)cc1)NCCCC(P(=O)(O)O)P(=O)(O)O. The molecule has 9 nitrogen and oxygen atoms in total. The summed E-state index contributed by atoms with van der Waals surface area (Å²) < 4.78 is 22.4. The van der Waals surface area contributed by atoms with E-state index in [0.29, 0.717) is 37.7 Å². The summed E-state index contributed by atoms with van der Waals surface area (Å²) in [4.78, 5) is 50.3. The smallest absolute Gasteiger partial charge is 0.340 e. The lowest BCUT2D eigenvalue weighted by molar-refractivity contribution is -0.121. The van der Waals surface area contributed by atoms with Crippen molar-refractivity contribution in [1.82, 2.24) is 5.32 Å². The molecule has 0 saturated carbocycles. The van der Waals surface area contributed by atoms with Crippen molar-refractivity contribution in [3.8, 4) is 0 Å². The van der Waals surface area contributed by atoms with E-state index in [0.717, 1.165) is 11.3 Å². The summed E-state index contributed by atoms with van der Waals surface area (Å²) in [5, 5.41) is 0.565. The van der Waals surface area contributed by atoms with Gasteiger partial charge in [0.2, 0.25) is 5.91 Å². The number of carbonyl (C=O) groups is 1. The molecule has 0 aliphatic carbocycles. The van der Waals surface area contributed by atoms with Crippen LogP contribution in [0.2, 0.25) is 0 Å². The lowest BCUT2D eigenvalue weighted by atomic mass is 10.1. The number of alkyl halides is 2. The molecule has 178 valence electrons. The largest absolute Gasteiger partial charge is 0.369 e. The molecule has 0 aliphatic rings. The predicted molar refractivity (Wildman–Crippen MR) is 123 cm³/mol. The lowest BCUT2D eigenvalue weighted by Crippen LogP contribution is -2.27. The Morgan fingerprint density at radius 2 is 1.52 bits per heavy atom. The van der Waals surface area contributed by atoms with Gasteiger partial charge in [0.1, 0.15) is 0 Å². The molecule has 0 saturated heterocycles. The maximum atomic E-state index is 11.9. The van der Waals surface area contributed by atoms with Crippen molar-refractivity contribution in [3.63, 3.8) is 0 Å². The van der Waals surface area contributed by atoms with E-state index in [4.69, 9.17) is 42.8 Å². The van der Waals surface area contributed by atoms with Crippen LogP contribution in [0.5, 0.6) is 0 Å². The minimum Gasteiger partial charge on any atom is -0.369 e. The second kappa shape index (κ2) is 13.8. The molecule has 0 aliphatic heterocycles. The minimum atomic E-state index is -4.92. The number of rotatable bonds is 15. The van der Waals surface area contributed by atoms with E-state index in [1.165, 1.54) is 0 Å². The fourth-order valence-corrected chi connectivity index (χ4v) is 6.05. The zero-order chi connectivity index (χ0) is 23.5. The maximum absolute atomic E-state index is 11.9. The summed E-state index contributed by atoms with van der Waals surface area (Å²) in [6, 6.07) is 7.97. The standard InChI is InChI=1S/C18H30Cl2N2O7P2/c19-10-13-22(14-11-20)16-8-6-15(7-9-16)3-1-4-17(23)21-12-2-5-18(30(24,25)26)31(27,28)29/h6-9,18H,1-5,10-14H2,(H,21,23)(H2,24,25,26)(H2,27,28,29). The first-order valence-corrected chi connectivity index (χ1v) is 14.2. The Hall–Kier alpha value is -0.630. The molecular weight excluding hydrogens is 489 g/mol. The zero-order valence-corrected chi connectivity index (χ0v) is 20.4. The summed E-state index contributed by atoms with van der Waals surface area (Å²) in [6.45, 7) is 1.49. The highest BCUT2D eigenvalue weighted by atomic mass is 35.5. The summed E-state index contributed by atoms with van der Waals surface area (Å²) in [6.07, 6.45) is 1.26. The van der Waals surface area contributed by atoms with Crippen molar-refractivity contribution in [2.24, 2.45) is 0 Å². The first-order valence-electron chi connectivity index (χ1n) is 9.82. The number of nitrogens with zero attached hydrogens (tertiary/aromatic N) is 1. The van der Waals surface area contributed by atoms with Gasteiger partial charge in [0.05, 0.1) is 0 Å². The Morgan fingerprint density at radius 1 is 0.968 bits per heavy atom. The number of benzene rings is 1. The first kappa shape index (κ1) is 28.4. The van der Waals surface area contributed by atoms with Gasteiger partial charge in [-0.15, -0.1) is 23.2 Å². The van der Waals surface area contributed by atoms with E-state index in [1.54, 1.807) is 0 Å². The third-order valence-corrected chi connectivity index (χ3v) is 8.83. The molecule has 1 aromatic rings. The van der Waals surface area contributed by atoms with Crippen molar-refractivity contribution in [3.05, 3.63) is 29.8 Å². The second-order valence-electron chi connectivity index (χ2n) is 7.04. The maximum Gasteiger partial charge on any atom is 0.340 e. The number of carbonyl (C=O) groups excluding carboxylic acids is 1. The van der Waals surface area contributed by atoms with Gasteiger partial charge in [0, 0.05) is 43.5 Å². The lowest BCUT2D eigenvalue weighted by Gasteiger charge is -2.23. The molecule has 13 heteroatoms. The van der Waals surface area contributed by atoms with Crippen molar-refractivity contribution in [2.45, 2.75) is 37.5 Å². The van der Waals surface area contributed by atoms with Gasteiger partial charge < -0.3 is 29.8 Å². The third kappa shape index (κ3) is 11.2. The molecule has 1 amide bonds. The van der Waals surface area contributed by atoms with Crippen molar-refractivity contribution in [2.75, 3.05) is 36.3 Å². The van der Waals surface area contributed by atoms with Gasteiger partial charge in [-0.3, -0.25) is 13.9 Å². The van der Waals surface area contributed by atoms with Crippen LogP contribution in [-0.4, -0.2) is 62.3 Å². The number of amides is 1. The number of halogens is 2. The summed E-state index contributed by atoms with van der Waals surface area (Å²) in [7, 11) is -9.85. The van der Waals surface area contributed by atoms with Gasteiger partial charge in [-0.1, -0.05) is 12.1 Å². The van der Waals surface area contributed by atoms with Crippen molar-refractivity contribution >= 4 is 50.0 Å². The van der Waals surface area contributed by atoms with Crippen LogP contribution in [0.1, 0.15) is 31.2 Å². The molecule has 0 radical (unpaired) electrons. The first-order chi connectivity index (χ1) is 14.5. The van der Waals surface area contributed by atoms with Crippen molar-refractivity contribution in [1.29, 1.82) is 0 Å². The van der Waals surface area contributed by atoms with Crippen LogP contribution >= 0.6 is 38.4 Å². The molecule has 0 fully saturated rings. The Labute approximate surface area is 192 Å². The average molecular weight is 519 g/mol. The van der Waals surface area contributed by atoms with Gasteiger partial charge in [0.25, 0.3) is 0 Å². The Bertz CT molecular complexity index is 743. The predicted octanol–water partition coefficient (Wildman–Crippen LogP) is 2.87. The van der Waals surface area contributed by atoms with Crippen LogP contribution in [0.3, 0.4) is 0 Å². The van der Waals surface area contributed by atoms with Crippen LogP contribution < -0.4 is 10.2 Å². The quantitative estimate of drug-likeness (QED) is 0.135. The van der Waals surface area contributed by atoms with Crippen LogP contribution in [0, 0.1) is 0 Å². The Morgan fingerprint density at radius 3 is 2.00 bits per heavy atom. The van der Waals surface area contributed by atoms with Crippen LogP contribution in [0.25, 0.3) is 0 Å². The van der Waals surface area contributed by atoms with Crippen LogP contribution in [0.4, 0.5) is 5.69 Å². The molecule has 0 unspecified atom stereocenters. The topological polar surface area (TPSA) is 147 Å². The molecule has 1 rings (SSSR count). The van der Waals surface area contributed by atoms with Gasteiger partial charge in [0.15, 0.2) is 5.40 Å². The van der Waals surface area contributed by atoms with Gasteiger partial charge >= 0.3 is 15.2 Å². The molecule has 0 bridgehead atoms. The third-order valence-electron chi connectivity index (χ3n) is 4.62. The molecule has 0 atom stereocenters. The van der Waals surface area contributed by atoms with Crippen LogP contribution in [-0.2, 0) is 20.3 Å². The van der Waals surface area contributed by atoms with E-state index >= 15 is 0 Å². The normalized spacial score (nSPS) is 12.2. The Kier molecular flexibility index (Phi) is 12.7. The van der Waals surface area contributed by atoms with E-state index in [9.17, 15) is 13.9 Å². The average Bonchev–Trinajstić information content (AvgIpc) is 2.66. The van der Waals surface area contributed by atoms with Gasteiger partial charge in [-0.2, -0.15) is 0 Å². The number of anilines is 1. The molecule has 0 heterocycles. The fourth-order valence-electron chi connectivity index (χ4n) is 3.03. The summed E-state index contributed by atoms with van der Waals surface area (Å²) in [5.74, 6) is 0.788. The monoisotopic (exact) mass is 518 g/mol. The van der Waals surface area contributed by atoms with E-state index in [-0.39, 0.29) is 31.7 Å². The molecular formula is C18H30Cl2N2O7P2. The molecule has 1 aromatic carbocycles. The Balaban J connectivity index is 2.36. The van der Waals surface area contributed by atoms with E-state index in [2.05, 4.69) is 10.2 Å². The van der Waals surface area contributed by atoms with Gasteiger partial charge in [-0.05, 0) is 43.4 Å². The van der Waals surface area contributed by atoms with Crippen molar-refractivity contribution < 1.29 is 33.5 Å². The zero-order valence-electron chi connectivity index (χ0n) is 17.1. The summed E-state index contributed by atoms with van der Waals surface area (Å²) in [5.41, 5.74) is 2.12. The molecule has 5 N–H and O–H groups in total. The van der Waals surface area contributed by atoms with E-state index < -0.39 is 20.6 Å². The highest BCUT2D eigenvalue weighted by molar-refractivity contribution is 7.70. The number of aryl methyl sites for hydroxylation is 1. The number of nitrogens with one attached hydrogen (secondary N) is 1. The number of hydrogen-bond acceptors (Lipinski definition) is 4. The number of hydrogen-bond donors (Lipinski definition) is 5. The van der Waals surface area contributed by atoms with Crippen LogP contribution in [0.15, 0.2) is 24.3 Å². The van der Waals surface area contributed by atoms with Gasteiger partial charge in [-0.25, -0.2) is 0 Å². The van der Waals surface area contributed by atoms with E-state index in [1.807, 2.05) is 24.3 Å².